The Morgan fingerprint density at radius 1 is 1.53 bits per heavy atom. The van der Waals surface area contributed by atoms with Gasteiger partial charge in [-0.25, -0.2) is 9.59 Å². The van der Waals surface area contributed by atoms with E-state index in [2.05, 4.69) is 5.32 Å². The summed E-state index contributed by atoms with van der Waals surface area (Å²) in [7, 11) is 1.71. The number of nitrogens with one attached hydrogen (secondary N) is 1. The van der Waals surface area contributed by atoms with E-state index < -0.39 is 12.0 Å². The van der Waals surface area contributed by atoms with Gasteiger partial charge in [0, 0.05) is 13.6 Å². The highest BCUT2D eigenvalue weighted by atomic mass is 32.2. The lowest BCUT2D eigenvalue weighted by Crippen LogP contribution is -2.47. The molecule has 1 rings (SSSR count). The van der Waals surface area contributed by atoms with Gasteiger partial charge in [0.1, 0.15) is 6.04 Å². The van der Waals surface area contributed by atoms with Crippen LogP contribution in [0.3, 0.4) is 0 Å². The van der Waals surface area contributed by atoms with E-state index in [-0.39, 0.29) is 6.03 Å². The van der Waals surface area contributed by atoms with Gasteiger partial charge in [-0.2, -0.15) is 11.8 Å². The lowest BCUT2D eigenvalue weighted by Gasteiger charge is -2.21. The van der Waals surface area contributed by atoms with Crippen LogP contribution < -0.4 is 5.32 Å². The summed E-state index contributed by atoms with van der Waals surface area (Å²) >= 11 is 1.58. The number of nitrogens with zero attached hydrogens (tertiary/aromatic N) is 1. The number of urea groups is 1. The quantitative estimate of drug-likeness (QED) is 0.722. The fourth-order valence-corrected chi connectivity index (χ4v) is 1.99. The van der Waals surface area contributed by atoms with Gasteiger partial charge in [0.25, 0.3) is 0 Å². The van der Waals surface area contributed by atoms with Crippen LogP contribution in [-0.2, 0) is 4.79 Å². The Hall–Kier alpha value is -0.910. The minimum atomic E-state index is -0.966. The normalized spacial score (nSPS) is 16.4. The molecular formula is C11H20N2O3S. The molecular weight excluding hydrogens is 240 g/mol. The van der Waals surface area contributed by atoms with E-state index in [1.54, 1.807) is 23.7 Å². The molecule has 0 radical (unpaired) electrons. The second-order valence-electron chi connectivity index (χ2n) is 4.45. The number of carbonyl (C=O) groups is 2. The maximum Gasteiger partial charge on any atom is 0.326 e. The summed E-state index contributed by atoms with van der Waals surface area (Å²) < 4.78 is 0. The summed E-state index contributed by atoms with van der Waals surface area (Å²) in [6.45, 7) is 0.723. The zero-order valence-electron chi connectivity index (χ0n) is 10.3. The van der Waals surface area contributed by atoms with Gasteiger partial charge in [0.2, 0.25) is 0 Å². The summed E-state index contributed by atoms with van der Waals surface area (Å²) in [5, 5.41) is 11.5. The number of hydrogen-bond acceptors (Lipinski definition) is 3. The number of hydrogen-bond donors (Lipinski definition) is 2. The molecule has 1 atom stereocenters. The highest BCUT2D eigenvalue weighted by molar-refractivity contribution is 7.98. The van der Waals surface area contributed by atoms with Crippen molar-refractivity contribution in [2.24, 2.45) is 5.92 Å². The van der Waals surface area contributed by atoms with Crippen molar-refractivity contribution in [3.63, 3.8) is 0 Å². The third-order valence-electron chi connectivity index (χ3n) is 2.78. The smallest absolute Gasteiger partial charge is 0.326 e. The second-order valence-corrected chi connectivity index (χ2v) is 5.43. The Balaban J connectivity index is 2.35. The fraction of sp³-hybridized carbons (Fsp3) is 0.818. The Bertz CT molecular complexity index is 282. The zero-order chi connectivity index (χ0) is 12.8. The zero-order valence-corrected chi connectivity index (χ0v) is 11.1. The highest BCUT2D eigenvalue weighted by Crippen LogP contribution is 2.29. The molecule has 0 bridgehead atoms. The van der Waals surface area contributed by atoms with Crippen molar-refractivity contribution < 1.29 is 14.7 Å². The molecule has 2 N–H and O–H groups in total. The van der Waals surface area contributed by atoms with Crippen LogP contribution in [0.2, 0.25) is 0 Å². The van der Waals surface area contributed by atoms with E-state index >= 15 is 0 Å². The molecule has 0 aromatic carbocycles. The van der Waals surface area contributed by atoms with Crippen LogP contribution in [0.4, 0.5) is 4.79 Å². The van der Waals surface area contributed by atoms with Crippen LogP contribution in [0.1, 0.15) is 19.3 Å². The summed E-state index contributed by atoms with van der Waals surface area (Å²) in [5.74, 6) is 0.372. The number of carboxylic acids is 1. The molecule has 0 saturated heterocycles. The average Bonchev–Trinajstić information content (AvgIpc) is 3.07. The van der Waals surface area contributed by atoms with Gasteiger partial charge in [-0.1, -0.05) is 0 Å². The Labute approximate surface area is 106 Å². The monoisotopic (exact) mass is 260 g/mol. The summed E-state index contributed by atoms with van der Waals surface area (Å²) in [5.41, 5.74) is 0. The third kappa shape index (κ3) is 5.30. The van der Waals surface area contributed by atoms with E-state index in [0.29, 0.717) is 12.3 Å². The van der Waals surface area contributed by atoms with Crippen molar-refractivity contribution in [3.05, 3.63) is 0 Å². The first-order valence-corrected chi connectivity index (χ1v) is 7.17. The van der Waals surface area contributed by atoms with Crippen LogP contribution in [0, 0.1) is 5.92 Å². The maximum atomic E-state index is 11.7. The van der Waals surface area contributed by atoms with E-state index in [1.807, 2.05) is 6.26 Å². The molecule has 1 unspecified atom stereocenters. The van der Waals surface area contributed by atoms with E-state index in [0.717, 1.165) is 12.3 Å². The molecule has 98 valence electrons. The van der Waals surface area contributed by atoms with Crippen molar-refractivity contribution in [3.8, 4) is 0 Å². The number of carbonyl (C=O) groups excluding carboxylic acids is 1. The first-order valence-electron chi connectivity index (χ1n) is 5.78. The molecule has 17 heavy (non-hydrogen) atoms. The lowest BCUT2D eigenvalue weighted by molar-refractivity contribution is -0.139. The molecule has 0 spiro atoms. The molecule has 5 nitrogen and oxygen atoms in total. The molecule has 1 saturated carbocycles. The number of carboxylic acid groups (broad SMARTS) is 1. The van der Waals surface area contributed by atoms with Crippen molar-refractivity contribution in [2.75, 3.05) is 25.6 Å². The molecule has 0 heterocycles. The van der Waals surface area contributed by atoms with Crippen LogP contribution in [0.25, 0.3) is 0 Å². The standard InChI is InChI=1S/C11H20N2O3S/c1-13(7-8-3-4-8)11(16)12-9(10(14)15)5-6-17-2/h8-9H,3-7H2,1-2H3,(H,12,16)(H,14,15). The predicted molar refractivity (Wildman–Crippen MR) is 68.3 cm³/mol. The minimum absolute atomic E-state index is 0.287. The second kappa shape index (κ2) is 6.74. The van der Waals surface area contributed by atoms with Crippen LogP contribution in [0.15, 0.2) is 0 Å². The SMILES string of the molecule is CSCCC(NC(=O)N(C)CC1CC1)C(=O)O. The lowest BCUT2D eigenvalue weighted by atomic mass is 10.2. The van der Waals surface area contributed by atoms with Gasteiger partial charge in [0.05, 0.1) is 0 Å². The van der Waals surface area contributed by atoms with Gasteiger partial charge in [-0.15, -0.1) is 0 Å². The predicted octanol–water partition coefficient (Wildman–Crippen LogP) is 1.24. The van der Waals surface area contributed by atoms with Gasteiger partial charge in [-0.3, -0.25) is 0 Å². The number of amides is 2. The average molecular weight is 260 g/mol. The minimum Gasteiger partial charge on any atom is -0.480 e. The van der Waals surface area contributed by atoms with E-state index in [4.69, 9.17) is 5.11 Å². The largest absolute Gasteiger partial charge is 0.480 e. The first-order chi connectivity index (χ1) is 8.04. The number of rotatable bonds is 7. The van der Waals surface area contributed by atoms with Gasteiger partial charge in [-0.05, 0) is 37.2 Å². The van der Waals surface area contributed by atoms with Gasteiger partial charge >= 0.3 is 12.0 Å². The van der Waals surface area contributed by atoms with Crippen LogP contribution in [-0.4, -0.2) is 53.6 Å². The Morgan fingerprint density at radius 3 is 2.65 bits per heavy atom. The van der Waals surface area contributed by atoms with Crippen LogP contribution >= 0.6 is 11.8 Å². The first kappa shape index (κ1) is 14.2. The molecule has 1 aliphatic carbocycles. The molecule has 2 amide bonds. The molecule has 0 aromatic heterocycles. The Morgan fingerprint density at radius 2 is 2.18 bits per heavy atom. The van der Waals surface area contributed by atoms with Crippen LogP contribution in [0.5, 0.6) is 0 Å². The maximum absolute atomic E-state index is 11.7. The van der Waals surface area contributed by atoms with Crippen molar-refractivity contribution >= 4 is 23.8 Å². The third-order valence-corrected chi connectivity index (χ3v) is 3.43. The van der Waals surface area contributed by atoms with Gasteiger partial charge in [0.15, 0.2) is 0 Å². The summed E-state index contributed by atoms with van der Waals surface area (Å²) in [6, 6.07) is -1.07. The molecule has 1 fully saturated rings. The number of aliphatic carboxylic acids is 1. The van der Waals surface area contributed by atoms with Crippen molar-refractivity contribution in [1.82, 2.24) is 10.2 Å². The van der Waals surface area contributed by atoms with Crippen molar-refractivity contribution in [1.29, 1.82) is 0 Å². The highest BCUT2D eigenvalue weighted by Gasteiger charge is 2.26. The number of thioether (sulfide) groups is 1. The molecule has 1 aliphatic rings. The molecule has 0 aromatic rings. The topological polar surface area (TPSA) is 69.6 Å². The fourth-order valence-electron chi connectivity index (χ4n) is 1.52. The Kier molecular flexibility index (Phi) is 5.61. The van der Waals surface area contributed by atoms with Crippen molar-refractivity contribution in [2.45, 2.75) is 25.3 Å². The molecule has 6 heteroatoms. The summed E-state index contributed by atoms with van der Waals surface area (Å²) in [4.78, 5) is 24.3. The van der Waals surface area contributed by atoms with E-state index in [1.165, 1.54) is 12.8 Å². The van der Waals surface area contributed by atoms with E-state index in [9.17, 15) is 9.59 Å². The summed E-state index contributed by atoms with van der Waals surface area (Å²) in [6.07, 6.45) is 4.72. The van der Waals surface area contributed by atoms with Gasteiger partial charge < -0.3 is 15.3 Å². The molecule has 0 aliphatic heterocycles.